The lowest BCUT2D eigenvalue weighted by atomic mass is 9.98. The number of nitrogens with zero attached hydrogens (tertiary/aromatic N) is 2. The van der Waals surface area contributed by atoms with Crippen LogP contribution in [0.2, 0.25) is 0 Å². The van der Waals surface area contributed by atoms with Crippen molar-refractivity contribution < 1.29 is 32.5 Å². The molecular formula is C29H21F3N2O5. The Morgan fingerprint density at radius 2 is 1.85 bits per heavy atom. The molecule has 0 amide bonds. The summed E-state index contributed by atoms with van der Waals surface area (Å²) in [5, 5.41) is 11.1. The SMILES string of the molecule is C=COCc1c(C(C)O)cc2n(c1=O)Cc1c-2nc2cc3c(cc2c1/C=C/c1cc(F)c(F)c(F)c1)OCO3. The number of hydrogen-bond donors (Lipinski definition) is 1. The Kier molecular flexibility index (Phi) is 5.91. The van der Waals surface area contributed by atoms with Crippen molar-refractivity contribution in [1.29, 1.82) is 0 Å². The third-order valence-corrected chi connectivity index (χ3v) is 6.86. The number of fused-ring (bicyclic) bond motifs is 5. The van der Waals surface area contributed by atoms with Gasteiger partial charge in [-0.2, -0.15) is 0 Å². The van der Waals surface area contributed by atoms with E-state index in [1.165, 1.54) is 12.3 Å². The summed E-state index contributed by atoms with van der Waals surface area (Å²) >= 11 is 0. The predicted octanol–water partition coefficient (Wildman–Crippen LogP) is 5.46. The Morgan fingerprint density at radius 3 is 2.54 bits per heavy atom. The Balaban J connectivity index is 1.59. The second kappa shape index (κ2) is 9.32. The van der Waals surface area contributed by atoms with E-state index in [0.717, 1.165) is 12.1 Å². The molecule has 2 aliphatic heterocycles. The minimum absolute atomic E-state index is 0.0518. The first-order valence-electron chi connectivity index (χ1n) is 12.0. The van der Waals surface area contributed by atoms with Crippen LogP contribution in [-0.4, -0.2) is 21.5 Å². The number of aromatic nitrogens is 2. The van der Waals surface area contributed by atoms with Crippen LogP contribution in [0.1, 0.15) is 40.8 Å². The van der Waals surface area contributed by atoms with Gasteiger partial charge in [-0.25, -0.2) is 18.2 Å². The molecule has 0 bridgehead atoms. The topological polar surface area (TPSA) is 82.8 Å². The standard InChI is InChI=1S/C29H21F3N2O5/c1-3-37-12-20-17(14(2)35)8-24-28-19(11-34(24)29(20)36)16(5-4-15-6-21(30)27(32)22(31)7-15)18-9-25-26(39-13-38-25)10-23(18)33-28/h3-10,14,35H,1,11-13H2,2H3/b5-4+. The zero-order valence-electron chi connectivity index (χ0n) is 20.6. The minimum atomic E-state index is -1.55. The summed E-state index contributed by atoms with van der Waals surface area (Å²) in [5.74, 6) is -3.14. The molecule has 198 valence electrons. The largest absolute Gasteiger partial charge is 0.497 e. The molecule has 6 rings (SSSR count). The molecule has 0 saturated heterocycles. The maximum atomic E-state index is 13.9. The maximum Gasteiger partial charge on any atom is 0.258 e. The van der Waals surface area contributed by atoms with E-state index in [4.69, 9.17) is 19.2 Å². The number of rotatable bonds is 6. The van der Waals surface area contributed by atoms with Crippen LogP contribution in [0.15, 0.2) is 48.0 Å². The number of aliphatic hydroxyl groups is 1. The fourth-order valence-corrected chi connectivity index (χ4v) is 5.01. The molecule has 1 unspecified atom stereocenters. The van der Waals surface area contributed by atoms with Gasteiger partial charge < -0.3 is 23.9 Å². The van der Waals surface area contributed by atoms with Crippen LogP contribution in [0.5, 0.6) is 11.5 Å². The molecule has 0 saturated carbocycles. The summed E-state index contributed by atoms with van der Waals surface area (Å²) in [7, 11) is 0. The molecule has 7 nitrogen and oxygen atoms in total. The first-order valence-corrected chi connectivity index (χ1v) is 12.0. The van der Waals surface area contributed by atoms with Crippen molar-refractivity contribution in [3.63, 3.8) is 0 Å². The van der Waals surface area contributed by atoms with Crippen LogP contribution < -0.4 is 15.0 Å². The summed E-state index contributed by atoms with van der Waals surface area (Å²) in [6.45, 7) is 5.21. The number of pyridine rings is 2. The molecule has 4 aromatic rings. The van der Waals surface area contributed by atoms with Gasteiger partial charge in [-0.1, -0.05) is 18.7 Å². The summed E-state index contributed by atoms with van der Waals surface area (Å²) in [5.41, 5.74) is 3.31. The smallest absolute Gasteiger partial charge is 0.258 e. The number of ether oxygens (including phenoxy) is 3. The summed E-state index contributed by atoms with van der Waals surface area (Å²) < 4.78 is 59.1. The highest BCUT2D eigenvalue weighted by atomic mass is 19.2. The highest BCUT2D eigenvalue weighted by Crippen LogP contribution is 2.42. The normalized spacial score (nSPS) is 14.1. The number of benzene rings is 2. The van der Waals surface area contributed by atoms with Crippen molar-refractivity contribution in [2.75, 3.05) is 6.79 Å². The number of aliphatic hydroxyl groups excluding tert-OH is 1. The molecule has 0 spiro atoms. The lowest BCUT2D eigenvalue weighted by molar-refractivity contribution is 0.174. The first kappa shape index (κ1) is 24.7. The lowest BCUT2D eigenvalue weighted by Gasteiger charge is -2.15. The molecule has 2 aromatic carbocycles. The quantitative estimate of drug-likeness (QED) is 0.230. The van der Waals surface area contributed by atoms with Gasteiger partial charge in [0.15, 0.2) is 29.0 Å². The van der Waals surface area contributed by atoms with Crippen molar-refractivity contribution >= 4 is 23.1 Å². The maximum absolute atomic E-state index is 13.9. The number of hydrogen-bond acceptors (Lipinski definition) is 6. The second-order valence-electron chi connectivity index (χ2n) is 9.22. The van der Waals surface area contributed by atoms with Crippen molar-refractivity contribution in [2.24, 2.45) is 0 Å². The molecule has 0 fully saturated rings. The molecule has 39 heavy (non-hydrogen) atoms. The fraction of sp³-hybridized carbons (Fsp3) is 0.172. The van der Waals surface area contributed by atoms with Crippen LogP contribution in [-0.2, 0) is 17.9 Å². The van der Waals surface area contributed by atoms with E-state index in [9.17, 15) is 23.1 Å². The van der Waals surface area contributed by atoms with Crippen molar-refractivity contribution in [1.82, 2.24) is 9.55 Å². The van der Waals surface area contributed by atoms with E-state index in [-0.39, 0.29) is 31.1 Å². The summed E-state index contributed by atoms with van der Waals surface area (Å²) in [6, 6.07) is 6.98. The lowest BCUT2D eigenvalue weighted by Crippen LogP contribution is -2.26. The zero-order chi connectivity index (χ0) is 27.4. The van der Waals surface area contributed by atoms with Gasteiger partial charge in [-0.3, -0.25) is 4.79 Å². The number of halogens is 3. The average Bonchev–Trinajstić information content (AvgIpc) is 3.52. The van der Waals surface area contributed by atoms with Crippen molar-refractivity contribution in [2.45, 2.75) is 26.2 Å². The minimum Gasteiger partial charge on any atom is -0.497 e. The molecule has 1 atom stereocenters. The third-order valence-electron chi connectivity index (χ3n) is 6.86. The van der Waals surface area contributed by atoms with E-state index in [0.29, 0.717) is 56.0 Å². The van der Waals surface area contributed by atoms with Crippen molar-refractivity contribution in [3.8, 4) is 22.9 Å². The molecular weight excluding hydrogens is 513 g/mol. The van der Waals surface area contributed by atoms with Gasteiger partial charge in [-0.15, -0.1) is 0 Å². The average molecular weight is 534 g/mol. The highest BCUT2D eigenvalue weighted by molar-refractivity contribution is 5.97. The van der Waals surface area contributed by atoms with Gasteiger partial charge >= 0.3 is 0 Å². The van der Waals surface area contributed by atoms with Gasteiger partial charge in [0.05, 0.1) is 41.4 Å². The Bertz CT molecular complexity index is 1760. The molecule has 2 aliphatic rings. The summed E-state index contributed by atoms with van der Waals surface area (Å²) in [6.07, 6.45) is 3.37. The van der Waals surface area contributed by atoms with Gasteiger partial charge in [0.2, 0.25) is 6.79 Å². The molecule has 0 aliphatic carbocycles. The van der Waals surface area contributed by atoms with E-state index in [1.807, 2.05) is 0 Å². The third kappa shape index (κ3) is 4.04. The van der Waals surface area contributed by atoms with Crippen LogP contribution in [0.4, 0.5) is 13.2 Å². The zero-order valence-corrected chi connectivity index (χ0v) is 20.6. The van der Waals surface area contributed by atoms with E-state index in [1.54, 1.807) is 35.8 Å². The molecule has 2 aromatic heterocycles. The van der Waals surface area contributed by atoms with Crippen LogP contribution in [0.3, 0.4) is 0 Å². The molecule has 10 heteroatoms. The predicted molar refractivity (Wildman–Crippen MR) is 138 cm³/mol. The van der Waals surface area contributed by atoms with Crippen LogP contribution >= 0.6 is 0 Å². The molecule has 1 N–H and O–H groups in total. The first-order chi connectivity index (χ1) is 18.8. The fourth-order valence-electron chi connectivity index (χ4n) is 5.01. The Labute approximate surface area is 220 Å². The van der Waals surface area contributed by atoms with E-state index in [2.05, 4.69) is 6.58 Å². The van der Waals surface area contributed by atoms with E-state index >= 15 is 0 Å². The van der Waals surface area contributed by atoms with E-state index < -0.39 is 23.6 Å². The summed E-state index contributed by atoms with van der Waals surface area (Å²) in [4.78, 5) is 18.4. The monoisotopic (exact) mass is 534 g/mol. The van der Waals surface area contributed by atoms with Gasteiger partial charge in [0.1, 0.15) is 6.61 Å². The highest BCUT2D eigenvalue weighted by Gasteiger charge is 2.29. The van der Waals surface area contributed by atoms with Crippen LogP contribution in [0, 0.1) is 17.5 Å². The molecule has 4 heterocycles. The second-order valence-corrected chi connectivity index (χ2v) is 9.22. The van der Waals surface area contributed by atoms with Crippen LogP contribution in [0.25, 0.3) is 34.4 Å². The van der Waals surface area contributed by atoms with Gasteiger partial charge in [0.25, 0.3) is 5.56 Å². The Morgan fingerprint density at radius 1 is 1.13 bits per heavy atom. The Hall–Kier alpha value is -4.57. The van der Waals surface area contributed by atoms with Crippen molar-refractivity contribution in [3.05, 3.63) is 98.8 Å². The molecule has 0 radical (unpaired) electrons. The van der Waals surface area contributed by atoms with Gasteiger partial charge in [-0.05, 0) is 47.9 Å². The van der Waals surface area contributed by atoms with Gasteiger partial charge in [0, 0.05) is 17.0 Å².